The van der Waals surface area contributed by atoms with Gasteiger partial charge in [-0.1, -0.05) is 26.7 Å². The lowest BCUT2D eigenvalue weighted by atomic mass is 9.86. The Bertz CT molecular complexity index is 338. The van der Waals surface area contributed by atoms with Crippen LogP contribution >= 0.6 is 0 Å². The molecule has 1 N–H and O–H groups in total. The highest BCUT2D eigenvalue weighted by atomic mass is 16.2. The smallest absolute Gasteiger partial charge is 0.240 e. The molecule has 0 radical (unpaired) electrons. The van der Waals surface area contributed by atoms with Crippen LogP contribution in [0.2, 0.25) is 0 Å². The van der Waals surface area contributed by atoms with Crippen LogP contribution in [0.4, 0.5) is 0 Å². The molecule has 1 saturated carbocycles. The predicted octanol–water partition coefficient (Wildman–Crippen LogP) is 2.70. The molecule has 0 aromatic rings. The van der Waals surface area contributed by atoms with Gasteiger partial charge in [-0.25, -0.2) is 0 Å². The number of nitrogens with zero attached hydrogens (tertiary/aromatic N) is 2. The van der Waals surface area contributed by atoms with Gasteiger partial charge in [0.2, 0.25) is 5.91 Å². The zero-order chi connectivity index (χ0) is 15.0. The van der Waals surface area contributed by atoms with E-state index >= 15 is 0 Å². The molecule has 1 fully saturated rings. The van der Waals surface area contributed by atoms with E-state index in [0.29, 0.717) is 0 Å². The van der Waals surface area contributed by atoms with Gasteiger partial charge < -0.3 is 10.2 Å². The zero-order valence-corrected chi connectivity index (χ0v) is 13.2. The van der Waals surface area contributed by atoms with Crippen molar-refractivity contribution in [2.45, 2.75) is 65.3 Å². The van der Waals surface area contributed by atoms with E-state index < -0.39 is 5.41 Å². The molecule has 0 spiro atoms. The fourth-order valence-corrected chi connectivity index (χ4v) is 2.96. The molecule has 1 aliphatic carbocycles. The summed E-state index contributed by atoms with van der Waals surface area (Å²) in [6.45, 7) is 9.62. The maximum Gasteiger partial charge on any atom is 0.240 e. The van der Waals surface area contributed by atoms with E-state index in [1.807, 2.05) is 6.92 Å². The molecule has 20 heavy (non-hydrogen) atoms. The molecule has 0 saturated heterocycles. The lowest BCUT2D eigenvalue weighted by Crippen LogP contribution is -2.43. The van der Waals surface area contributed by atoms with E-state index in [4.69, 9.17) is 0 Å². The molecule has 1 unspecified atom stereocenters. The molecule has 1 rings (SSSR count). The maximum absolute atomic E-state index is 12.3. The van der Waals surface area contributed by atoms with Crippen LogP contribution in [-0.4, -0.2) is 36.5 Å². The average molecular weight is 279 g/mol. The van der Waals surface area contributed by atoms with Crippen molar-refractivity contribution in [3.05, 3.63) is 0 Å². The van der Waals surface area contributed by atoms with Gasteiger partial charge >= 0.3 is 0 Å². The van der Waals surface area contributed by atoms with Crippen LogP contribution in [0, 0.1) is 16.7 Å². The van der Waals surface area contributed by atoms with Gasteiger partial charge in [-0.3, -0.25) is 4.79 Å². The summed E-state index contributed by atoms with van der Waals surface area (Å²) >= 11 is 0. The van der Waals surface area contributed by atoms with Gasteiger partial charge in [0.05, 0.1) is 6.07 Å². The third-order valence-electron chi connectivity index (χ3n) is 4.49. The van der Waals surface area contributed by atoms with Crippen LogP contribution in [0.5, 0.6) is 0 Å². The predicted molar refractivity (Wildman–Crippen MR) is 81.1 cm³/mol. The molecule has 1 amide bonds. The van der Waals surface area contributed by atoms with Crippen LogP contribution in [0.25, 0.3) is 0 Å². The Balaban J connectivity index is 2.33. The third-order valence-corrected chi connectivity index (χ3v) is 4.49. The van der Waals surface area contributed by atoms with Crippen molar-refractivity contribution in [2.24, 2.45) is 5.41 Å². The van der Waals surface area contributed by atoms with Crippen molar-refractivity contribution in [3.8, 4) is 6.07 Å². The molecule has 114 valence electrons. The Morgan fingerprint density at radius 1 is 1.35 bits per heavy atom. The summed E-state index contributed by atoms with van der Waals surface area (Å²) in [5, 5.41) is 12.3. The molecular weight excluding hydrogens is 250 g/mol. The number of amides is 1. The highest BCUT2D eigenvalue weighted by Gasteiger charge is 2.41. The maximum atomic E-state index is 12.3. The number of carbonyl (C=O) groups excluding carboxylic acids is 1. The number of hydrogen-bond donors (Lipinski definition) is 1. The summed E-state index contributed by atoms with van der Waals surface area (Å²) in [7, 11) is 0. The molecule has 0 aromatic heterocycles. The third kappa shape index (κ3) is 4.49. The first-order chi connectivity index (χ1) is 9.57. The second-order valence-corrected chi connectivity index (χ2v) is 5.94. The van der Waals surface area contributed by atoms with Crippen molar-refractivity contribution >= 4 is 5.91 Å². The number of nitriles is 1. The SMILES string of the molecule is CCN(CC)CCCC(C)NC(=O)C1(C#N)CCCC1. The molecule has 0 aliphatic heterocycles. The van der Waals surface area contributed by atoms with Crippen molar-refractivity contribution in [2.75, 3.05) is 19.6 Å². The van der Waals surface area contributed by atoms with Gasteiger partial charge in [0.1, 0.15) is 5.41 Å². The fraction of sp³-hybridized carbons (Fsp3) is 0.875. The normalized spacial score (nSPS) is 18.8. The van der Waals surface area contributed by atoms with Crippen LogP contribution < -0.4 is 5.32 Å². The number of rotatable bonds is 8. The summed E-state index contributed by atoms with van der Waals surface area (Å²) in [6, 6.07) is 2.41. The van der Waals surface area contributed by atoms with Gasteiger partial charge in [0, 0.05) is 6.04 Å². The van der Waals surface area contributed by atoms with Gasteiger partial charge in [0.25, 0.3) is 0 Å². The Labute approximate surface area is 123 Å². The lowest BCUT2D eigenvalue weighted by molar-refractivity contribution is -0.128. The largest absolute Gasteiger partial charge is 0.352 e. The molecule has 0 bridgehead atoms. The van der Waals surface area contributed by atoms with E-state index in [9.17, 15) is 10.1 Å². The van der Waals surface area contributed by atoms with Crippen LogP contribution in [0.15, 0.2) is 0 Å². The Morgan fingerprint density at radius 2 is 1.95 bits per heavy atom. The van der Waals surface area contributed by atoms with E-state index in [2.05, 4.69) is 30.1 Å². The minimum absolute atomic E-state index is 0.0483. The van der Waals surface area contributed by atoms with E-state index in [0.717, 1.165) is 58.2 Å². The second kappa shape index (κ2) is 8.26. The van der Waals surface area contributed by atoms with Crippen LogP contribution in [-0.2, 0) is 4.79 Å². The first-order valence-electron chi connectivity index (χ1n) is 8.02. The average Bonchev–Trinajstić information content (AvgIpc) is 2.93. The minimum atomic E-state index is -0.743. The fourth-order valence-electron chi connectivity index (χ4n) is 2.96. The molecule has 1 atom stereocenters. The lowest BCUT2D eigenvalue weighted by Gasteiger charge is -2.24. The van der Waals surface area contributed by atoms with Crippen LogP contribution in [0.3, 0.4) is 0 Å². The van der Waals surface area contributed by atoms with Crippen molar-refractivity contribution < 1.29 is 4.79 Å². The summed E-state index contributed by atoms with van der Waals surface area (Å²) in [6.07, 6.45) is 5.50. The number of nitrogens with one attached hydrogen (secondary N) is 1. The Kier molecular flexibility index (Phi) is 7.01. The standard InChI is InChI=1S/C16H29N3O/c1-4-19(5-2)12-8-9-14(3)18-15(20)16(13-17)10-6-7-11-16/h14H,4-12H2,1-3H3,(H,18,20). The first kappa shape index (κ1) is 17.0. The van der Waals surface area contributed by atoms with Crippen molar-refractivity contribution in [1.82, 2.24) is 10.2 Å². The van der Waals surface area contributed by atoms with Gasteiger partial charge in [-0.15, -0.1) is 0 Å². The molecule has 4 nitrogen and oxygen atoms in total. The minimum Gasteiger partial charge on any atom is -0.352 e. The summed E-state index contributed by atoms with van der Waals surface area (Å²) < 4.78 is 0. The molecule has 1 aliphatic rings. The van der Waals surface area contributed by atoms with Crippen molar-refractivity contribution in [1.29, 1.82) is 5.26 Å². The topological polar surface area (TPSA) is 56.1 Å². The highest BCUT2D eigenvalue weighted by Crippen LogP contribution is 2.37. The first-order valence-corrected chi connectivity index (χ1v) is 8.02. The number of hydrogen-bond acceptors (Lipinski definition) is 3. The van der Waals surface area contributed by atoms with Gasteiger partial charge in [-0.2, -0.15) is 5.26 Å². The van der Waals surface area contributed by atoms with E-state index in [1.54, 1.807) is 0 Å². The Morgan fingerprint density at radius 3 is 2.45 bits per heavy atom. The van der Waals surface area contributed by atoms with E-state index in [-0.39, 0.29) is 11.9 Å². The summed E-state index contributed by atoms with van der Waals surface area (Å²) in [5.41, 5.74) is -0.743. The Hall–Kier alpha value is -1.08. The van der Waals surface area contributed by atoms with Gasteiger partial charge in [0.15, 0.2) is 0 Å². The number of carbonyl (C=O) groups is 1. The summed E-state index contributed by atoms with van der Waals surface area (Å²) in [5.74, 6) is -0.0483. The molecule has 0 aromatic carbocycles. The zero-order valence-electron chi connectivity index (χ0n) is 13.2. The quantitative estimate of drug-likeness (QED) is 0.743. The molecule has 4 heteroatoms. The van der Waals surface area contributed by atoms with Crippen LogP contribution in [0.1, 0.15) is 59.3 Å². The van der Waals surface area contributed by atoms with Crippen molar-refractivity contribution in [3.63, 3.8) is 0 Å². The molecular formula is C16H29N3O. The molecule has 0 heterocycles. The monoisotopic (exact) mass is 279 g/mol. The van der Waals surface area contributed by atoms with Gasteiger partial charge in [-0.05, 0) is 52.2 Å². The summed E-state index contributed by atoms with van der Waals surface area (Å²) in [4.78, 5) is 14.7. The van der Waals surface area contributed by atoms with E-state index in [1.165, 1.54) is 0 Å². The highest BCUT2D eigenvalue weighted by molar-refractivity contribution is 5.85. The second-order valence-electron chi connectivity index (χ2n) is 5.94.